The first kappa shape index (κ1) is 100. The van der Waals surface area contributed by atoms with Gasteiger partial charge in [0, 0.05) is 25.7 Å². The third-order valence-electron chi connectivity index (χ3n) is 20.2. The van der Waals surface area contributed by atoms with Crippen molar-refractivity contribution in [3.05, 3.63) is 0 Å². The molecule has 0 heterocycles. The molecule has 102 heavy (non-hydrogen) atoms. The Morgan fingerprint density at radius 3 is 0.696 bits per heavy atom. The number of phosphoric ester groups is 2. The fraction of sp³-hybridized carbons (Fsp3) is 0.952. The zero-order valence-corrected chi connectivity index (χ0v) is 68.7. The molecule has 0 aliphatic rings. The number of hydrogen-bond donors (Lipinski definition) is 3. The SMILES string of the molecule is CCCCCCCCCCCCCCCCCCCC(=O)OC[C@H](COP(=O)(O)OC[C@@H](O)COP(=O)(O)OC[C@@H](COC(=O)CCCCCCCCC(C)CC)OC(=O)CCCCCCCCCCCCCCC)OC(=O)CCCCCCCCCCCCCCCCCCCCC(C)CC. The molecule has 0 saturated carbocycles. The number of ether oxygens (including phenoxy) is 4. The molecule has 606 valence electrons. The summed E-state index contributed by atoms with van der Waals surface area (Å²) >= 11 is 0. The second-order valence-electron chi connectivity index (χ2n) is 30.4. The van der Waals surface area contributed by atoms with Crippen molar-refractivity contribution in [3.63, 3.8) is 0 Å². The molecule has 0 aromatic heterocycles. The quantitative estimate of drug-likeness (QED) is 0.0222. The van der Waals surface area contributed by atoms with Crippen LogP contribution in [0.3, 0.4) is 0 Å². The molecule has 0 saturated heterocycles. The van der Waals surface area contributed by atoms with Crippen LogP contribution in [-0.2, 0) is 65.4 Å². The van der Waals surface area contributed by atoms with Crippen LogP contribution in [0.5, 0.6) is 0 Å². The summed E-state index contributed by atoms with van der Waals surface area (Å²) in [4.78, 5) is 73.1. The van der Waals surface area contributed by atoms with Gasteiger partial charge in [0.05, 0.1) is 26.4 Å². The number of esters is 4. The summed E-state index contributed by atoms with van der Waals surface area (Å²) in [6.45, 7) is 9.68. The zero-order valence-electron chi connectivity index (χ0n) is 66.9. The molecule has 0 spiro atoms. The molecule has 0 radical (unpaired) electrons. The average Bonchev–Trinajstić information content (AvgIpc) is 0.940. The monoisotopic (exact) mass is 1490 g/mol. The smallest absolute Gasteiger partial charge is 0.462 e. The molecule has 0 aromatic carbocycles. The van der Waals surface area contributed by atoms with Gasteiger partial charge in [-0.2, -0.15) is 0 Å². The van der Waals surface area contributed by atoms with Crippen LogP contribution in [0.1, 0.15) is 440 Å². The number of hydrogen-bond acceptors (Lipinski definition) is 15. The summed E-state index contributed by atoms with van der Waals surface area (Å²) in [6, 6.07) is 0. The van der Waals surface area contributed by atoms with Gasteiger partial charge in [0.1, 0.15) is 19.3 Å². The van der Waals surface area contributed by atoms with E-state index >= 15 is 0 Å². The third-order valence-corrected chi connectivity index (χ3v) is 22.1. The van der Waals surface area contributed by atoms with Gasteiger partial charge in [-0.25, -0.2) is 9.13 Å². The van der Waals surface area contributed by atoms with Crippen LogP contribution in [-0.4, -0.2) is 96.7 Å². The molecule has 0 bridgehead atoms. The normalized spacial score (nSPS) is 14.4. The predicted octanol–water partition coefficient (Wildman–Crippen LogP) is 25.1. The maximum absolute atomic E-state index is 13.1. The molecular weight excluding hydrogens is 1330 g/mol. The maximum Gasteiger partial charge on any atom is 0.472 e. The Morgan fingerprint density at radius 1 is 0.275 bits per heavy atom. The Kier molecular flexibility index (Phi) is 73.1. The Hall–Kier alpha value is -1.94. The van der Waals surface area contributed by atoms with E-state index in [4.69, 9.17) is 37.0 Å². The largest absolute Gasteiger partial charge is 0.472 e. The zero-order chi connectivity index (χ0) is 74.9. The molecule has 19 heteroatoms. The molecule has 4 unspecified atom stereocenters. The molecule has 7 atom stereocenters. The highest BCUT2D eigenvalue weighted by molar-refractivity contribution is 7.47. The van der Waals surface area contributed by atoms with Crippen LogP contribution in [0.2, 0.25) is 0 Å². The summed E-state index contributed by atoms with van der Waals surface area (Å²) in [5, 5.41) is 10.6. The fourth-order valence-electron chi connectivity index (χ4n) is 12.8. The molecule has 0 aliphatic carbocycles. The minimum atomic E-state index is -4.96. The Labute approximate surface area is 626 Å². The second kappa shape index (κ2) is 74.5. The van der Waals surface area contributed by atoms with Gasteiger partial charge in [-0.15, -0.1) is 0 Å². The molecule has 0 amide bonds. The second-order valence-corrected chi connectivity index (χ2v) is 33.3. The van der Waals surface area contributed by atoms with Gasteiger partial charge in [-0.05, 0) is 37.5 Å². The molecule has 0 fully saturated rings. The average molecular weight is 1490 g/mol. The van der Waals surface area contributed by atoms with Crippen molar-refractivity contribution in [3.8, 4) is 0 Å². The fourth-order valence-corrected chi connectivity index (χ4v) is 14.4. The Bertz CT molecular complexity index is 1960. The van der Waals surface area contributed by atoms with Crippen LogP contribution < -0.4 is 0 Å². The number of unbranched alkanes of at least 4 members (excludes halogenated alkanes) is 50. The van der Waals surface area contributed by atoms with E-state index in [0.29, 0.717) is 25.7 Å². The lowest BCUT2D eigenvalue weighted by Gasteiger charge is -2.21. The third kappa shape index (κ3) is 73.6. The van der Waals surface area contributed by atoms with Crippen molar-refractivity contribution in [2.45, 2.75) is 458 Å². The number of rotatable bonds is 82. The van der Waals surface area contributed by atoms with E-state index in [2.05, 4.69) is 41.5 Å². The molecule has 0 aromatic rings. The van der Waals surface area contributed by atoms with Crippen LogP contribution in [0.25, 0.3) is 0 Å². The Morgan fingerprint density at radius 2 is 0.471 bits per heavy atom. The highest BCUT2D eigenvalue weighted by Crippen LogP contribution is 2.45. The van der Waals surface area contributed by atoms with Crippen molar-refractivity contribution in [2.24, 2.45) is 11.8 Å². The highest BCUT2D eigenvalue weighted by Gasteiger charge is 2.30. The first-order valence-electron chi connectivity index (χ1n) is 43.1. The minimum Gasteiger partial charge on any atom is -0.462 e. The lowest BCUT2D eigenvalue weighted by molar-refractivity contribution is -0.161. The molecule has 17 nitrogen and oxygen atoms in total. The van der Waals surface area contributed by atoms with E-state index in [1.165, 1.54) is 250 Å². The van der Waals surface area contributed by atoms with E-state index < -0.39 is 97.5 Å². The lowest BCUT2D eigenvalue weighted by Crippen LogP contribution is -2.30. The first-order chi connectivity index (χ1) is 49.4. The van der Waals surface area contributed by atoms with Gasteiger partial charge in [-0.3, -0.25) is 37.3 Å². The topological polar surface area (TPSA) is 237 Å². The molecule has 0 rings (SSSR count). The summed E-state index contributed by atoms with van der Waals surface area (Å²) in [7, 11) is -9.92. The lowest BCUT2D eigenvalue weighted by atomic mass is 9.99. The summed E-state index contributed by atoms with van der Waals surface area (Å²) in [6.07, 6.45) is 65.2. The van der Waals surface area contributed by atoms with E-state index in [-0.39, 0.29) is 25.7 Å². The number of aliphatic hydroxyl groups excluding tert-OH is 1. The maximum atomic E-state index is 13.1. The number of phosphoric acid groups is 2. The van der Waals surface area contributed by atoms with Crippen molar-refractivity contribution in [1.29, 1.82) is 0 Å². The predicted molar refractivity (Wildman–Crippen MR) is 418 cm³/mol. The van der Waals surface area contributed by atoms with E-state index in [9.17, 15) is 43.2 Å². The van der Waals surface area contributed by atoms with Gasteiger partial charge in [0.15, 0.2) is 12.2 Å². The number of aliphatic hydroxyl groups is 1. The van der Waals surface area contributed by atoms with Crippen molar-refractivity contribution < 1.29 is 80.2 Å². The van der Waals surface area contributed by atoms with E-state index in [1.54, 1.807) is 0 Å². The minimum absolute atomic E-state index is 0.107. The van der Waals surface area contributed by atoms with Gasteiger partial charge >= 0.3 is 39.5 Å². The van der Waals surface area contributed by atoms with E-state index in [1.807, 2.05) is 0 Å². The number of carbonyl (C=O) groups excluding carboxylic acids is 4. The first-order valence-corrected chi connectivity index (χ1v) is 46.1. The number of carbonyl (C=O) groups is 4. The molecule has 0 aliphatic heterocycles. The van der Waals surface area contributed by atoms with Crippen molar-refractivity contribution in [1.82, 2.24) is 0 Å². The van der Waals surface area contributed by atoms with Crippen LogP contribution in [0.15, 0.2) is 0 Å². The van der Waals surface area contributed by atoms with Crippen molar-refractivity contribution in [2.75, 3.05) is 39.6 Å². The molecule has 3 N–H and O–H groups in total. The van der Waals surface area contributed by atoms with Gasteiger partial charge in [0.25, 0.3) is 0 Å². The standard InChI is InChI=1S/C83H162O17P2/c1-7-11-13-15-17-19-21-23-24-27-31-35-38-42-46-53-59-65-80(85)93-71-78(99-82(87)68-62-56-48-44-40-36-32-29-26-25-28-30-34-37-41-45-51-57-63-75(5)9-3)73-97-101(89,90)95-69-77(84)70-96-102(91,92)98-74-79(72-94-81(86)66-60-54-50-49-52-58-64-76(6)10-4)100-83(88)67-61-55-47-43-39-33-22-20-18-16-14-12-8-2/h75-79,84H,7-74H2,1-6H3,(H,89,90)(H,91,92)/t75?,76?,77-,78-,79-/m1/s1. The summed E-state index contributed by atoms with van der Waals surface area (Å²) < 4.78 is 68.8. The summed E-state index contributed by atoms with van der Waals surface area (Å²) in [5.41, 5.74) is 0. The van der Waals surface area contributed by atoms with Gasteiger partial charge < -0.3 is 33.8 Å². The molecular formula is C83H162O17P2. The summed E-state index contributed by atoms with van der Waals surface area (Å²) in [5.74, 6) is -0.504. The Balaban J connectivity index is 5.22. The van der Waals surface area contributed by atoms with Crippen LogP contribution >= 0.6 is 15.6 Å². The van der Waals surface area contributed by atoms with Crippen LogP contribution in [0, 0.1) is 11.8 Å². The van der Waals surface area contributed by atoms with Crippen molar-refractivity contribution >= 4 is 39.5 Å². The van der Waals surface area contributed by atoms with Crippen LogP contribution in [0.4, 0.5) is 0 Å². The van der Waals surface area contributed by atoms with Gasteiger partial charge in [-0.1, -0.05) is 388 Å². The van der Waals surface area contributed by atoms with E-state index in [0.717, 1.165) is 108 Å². The highest BCUT2D eigenvalue weighted by atomic mass is 31.2. The van der Waals surface area contributed by atoms with Gasteiger partial charge in [0.2, 0.25) is 0 Å².